The summed E-state index contributed by atoms with van der Waals surface area (Å²) < 4.78 is 16.9. The van der Waals surface area contributed by atoms with Crippen LogP contribution >= 0.6 is 0 Å². The van der Waals surface area contributed by atoms with Crippen LogP contribution in [0.2, 0.25) is 0 Å². The molecule has 4 radical (unpaired) electrons. The second kappa shape index (κ2) is 6.19. The number of fused-ring (bicyclic) bond motifs is 1. The van der Waals surface area contributed by atoms with Gasteiger partial charge in [0.25, 0.3) is 0 Å². The number of aromatic nitrogens is 1. The Balaban J connectivity index is 1.98. The molecule has 0 saturated carbocycles. The Morgan fingerprint density at radius 3 is 2.92 bits per heavy atom. The normalized spacial score (nSPS) is 16.5. The van der Waals surface area contributed by atoms with Gasteiger partial charge in [0.15, 0.2) is 11.5 Å². The third-order valence-electron chi connectivity index (χ3n) is 3.67. The summed E-state index contributed by atoms with van der Waals surface area (Å²) in [5.41, 5.74) is 6.87. The Morgan fingerprint density at radius 2 is 2.21 bits per heavy atom. The summed E-state index contributed by atoms with van der Waals surface area (Å²) in [6, 6.07) is 6.85. The molecule has 0 spiro atoms. The van der Waals surface area contributed by atoms with Crippen molar-refractivity contribution in [2.24, 2.45) is 0 Å². The van der Waals surface area contributed by atoms with E-state index in [0.29, 0.717) is 40.9 Å². The first-order chi connectivity index (χ1) is 11.4. The van der Waals surface area contributed by atoms with Gasteiger partial charge in [0.1, 0.15) is 18.5 Å². The molecule has 1 unspecified atom stereocenters. The minimum atomic E-state index is -1.44. The fraction of sp³-hybridized carbons (Fsp3) is 0.312. The number of hydrogen-bond acceptors (Lipinski definition) is 6. The molecule has 0 saturated heterocycles. The van der Waals surface area contributed by atoms with Crippen molar-refractivity contribution in [3.8, 4) is 17.2 Å². The molecule has 120 valence electrons. The number of hydrogen-bond donors (Lipinski definition) is 2. The first-order valence-corrected chi connectivity index (χ1v) is 7.49. The monoisotopic (exact) mass is 321 g/mol. The van der Waals surface area contributed by atoms with Gasteiger partial charge in [0, 0.05) is 6.20 Å². The van der Waals surface area contributed by atoms with E-state index in [1.54, 1.807) is 37.6 Å². The van der Waals surface area contributed by atoms with Crippen LogP contribution in [0.3, 0.4) is 0 Å². The molecule has 1 atom stereocenters. The van der Waals surface area contributed by atoms with Crippen LogP contribution in [0.15, 0.2) is 30.5 Å². The van der Waals surface area contributed by atoms with Gasteiger partial charge in [0.2, 0.25) is 5.75 Å². The van der Waals surface area contributed by atoms with E-state index < -0.39 is 5.34 Å². The molecule has 1 aliphatic heterocycles. The molecule has 1 aromatic heterocycles. The zero-order valence-corrected chi connectivity index (χ0v) is 13.6. The van der Waals surface area contributed by atoms with Gasteiger partial charge in [-0.3, -0.25) is 0 Å². The van der Waals surface area contributed by atoms with Crippen molar-refractivity contribution in [1.82, 2.24) is 4.98 Å². The van der Waals surface area contributed by atoms with Crippen LogP contribution in [-0.2, 0) is 5.34 Å². The first-order valence-electron chi connectivity index (χ1n) is 7.49. The molecule has 1 aromatic carbocycles. The maximum Gasteiger partial charge on any atom is 0.203 e. The van der Waals surface area contributed by atoms with E-state index in [0.717, 1.165) is 0 Å². The highest BCUT2D eigenvalue weighted by Gasteiger charge is 2.28. The Labute approximate surface area is 143 Å². The largest absolute Gasteiger partial charge is 0.493 e. The number of nitrogens with zero attached hydrogens (tertiary/aromatic N) is 1. The maximum absolute atomic E-state index is 6.25. The molecule has 24 heavy (non-hydrogen) atoms. The zero-order valence-electron chi connectivity index (χ0n) is 13.6. The van der Waals surface area contributed by atoms with Gasteiger partial charge < -0.3 is 25.3 Å². The standard InChI is InChI=1S/C16H17B2N3O3/c1-9-8-23-14-12(22-2)6-10(7-13(14)24-9)16(17,18)21-15-11(19)4-3-5-20-15/h3-7,9H,8,19H2,1-2H3,(H,20,21). The SMILES string of the molecule is [B]C([B])(Nc1ncccc1N)c1cc(OC)c2c(c1)OC(C)CO2. The second-order valence-electron chi connectivity index (χ2n) is 5.68. The van der Waals surface area contributed by atoms with Crippen LogP contribution < -0.4 is 25.3 Å². The highest BCUT2D eigenvalue weighted by Crippen LogP contribution is 2.43. The van der Waals surface area contributed by atoms with Crippen molar-refractivity contribution in [3.63, 3.8) is 0 Å². The minimum absolute atomic E-state index is 0.0817. The number of nitrogens with one attached hydrogen (secondary N) is 1. The summed E-state index contributed by atoms with van der Waals surface area (Å²) in [5, 5.41) is 1.50. The molecule has 3 N–H and O–H groups in total. The smallest absolute Gasteiger partial charge is 0.203 e. The van der Waals surface area contributed by atoms with E-state index >= 15 is 0 Å². The topological polar surface area (TPSA) is 78.6 Å². The number of benzene rings is 1. The molecule has 0 fully saturated rings. The molecule has 3 rings (SSSR count). The predicted molar refractivity (Wildman–Crippen MR) is 94.0 cm³/mol. The van der Waals surface area contributed by atoms with E-state index in [-0.39, 0.29) is 6.10 Å². The summed E-state index contributed by atoms with van der Waals surface area (Å²) in [7, 11) is 14.0. The molecule has 2 aromatic rings. The van der Waals surface area contributed by atoms with Crippen molar-refractivity contribution in [1.29, 1.82) is 0 Å². The van der Waals surface area contributed by atoms with Gasteiger partial charge in [0.05, 0.1) is 28.5 Å². The highest BCUT2D eigenvalue weighted by atomic mass is 16.6. The Kier molecular flexibility index (Phi) is 4.22. The third-order valence-corrected chi connectivity index (χ3v) is 3.67. The first kappa shape index (κ1) is 16.4. The lowest BCUT2D eigenvalue weighted by Gasteiger charge is -2.32. The lowest BCUT2D eigenvalue weighted by Crippen LogP contribution is -2.37. The lowest BCUT2D eigenvalue weighted by molar-refractivity contribution is 0.100. The number of nitrogens with two attached hydrogens (primary N) is 1. The highest BCUT2D eigenvalue weighted by molar-refractivity contribution is 6.41. The van der Waals surface area contributed by atoms with Crippen LogP contribution in [0.5, 0.6) is 17.2 Å². The quantitative estimate of drug-likeness (QED) is 0.829. The van der Waals surface area contributed by atoms with Gasteiger partial charge in [-0.15, -0.1) is 0 Å². The number of rotatable bonds is 4. The number of anilines is 2. The molecular weight excluding hydrogens is 304 g/mol. The van der Waals surface area contributed by atoms with Gasteiger partial charge in [-0.2, -0.15) is 0 Å². The number of methoxy groups -OCH3 is 1. The van der Waals surface area contributed by atoms with Crippen LogP contribution in [0.4, 0.5) is 11.5 Å². The fourth-order valence-electron chi connectivity index (χ4n) is 2.44. The van der Waals surface area contributed by atoms with Crippen molar-refractivity contribution >= 4 is 27.2 Å². The Morgan fingerprint density at radius 1 is 1.42 bits per heavy atom. The summed E-state index contributed by atoms with van der Waals surface area (Å²) in [5.74, 6) is 1.95. The van der Waals surface area contributed by atoms with Crippen molar-refractivity contribution in [2.75, 3.05) is 24.8 Å². The number of nitrogen functional groups attached to an aromatic ring is 1. The summed E-state index contributed by atoms with van der Waals surface area (Å²) in [4.78, 5) is 4.15. The van der Waals surface area contributed by atoms with Crippen LogP contribution in [-0.4, -0.2) is 40.5 Å². The molecule has 0 aliphatic carbocycles. The molecule has 8 heteroatoms. The fourth-order valence-corrected chi connectivity index (χ4v) is 2.44. The third kappa shape index (κ3) is 3.09. The van der Waals surface area contributed by atoms with Crippen molar-refractivity contribution in [2.45, 2.75) is 18.4 Å². The van der Waals surface area contributed by atoms with Crippen molar-refractivity contribution in [3.05, 3.63) is 36.0 Å². The van der Waals surface area contributed by atoms with Crippen molar-refractivity contribution < 1.29 is 14.2 Å². The maximum atomic E-state index is 6.25. The van der Waals surface area contributed by atoms with E-state index in [4.69, 9.17) is 35.6 Å². The van der Waals surface area contributed by atoms with Gasteiger partial charge in [-0.05, 0) is 42.1 Å². The molecule has 2 heterocycles. The minimum Gasteiger partial charge on any atom is -0.493 e. The number of ether oxygens (including phenoxy) is 3. The van der Waals surface area contributed by atoms with Gasteiger partial charge in [-0.1, -0.05) is 0 Å². The molecular formula is C16H17B2N3O3. The van der Waals surface area contributed by atoms with Crippen LogP contribution in [0.25, 0.3) is 0 Å². The molecule has 0 amide bonds. The zero-order chi connectivity index (χ0) is 17.3. The Hall–Kier alpha value is -2.50. The molecule has 0 bridgehead atoms. The van der Waals surface area contributed by atoms with Gasteiger partial charge >= 0.3 is 0 Å². The lowest BCUT2D eigenvalue weighted by atomic mass is 9.58. The van der Waals surface area contributed by atoms with E-state index in [1.165, 1.54) is 0 Å². The van der Waals surface area contributed by atoms with Crippen LogP contribution in [0.1, 0.15) is 12.5 Å². The predicted octanol–water partition coefficient (Wildman–Crippen LogP) is 1.39. The molecule has 1 aliphatic rings. The summed E-state index contributed by atoms with van der Waals surface area (Å²) in [6.07, 6.45) is 1.52. The van der Waals surface area contributed by atoms with E-state index in [2.05, 4.69) is 10.3 Å². The average molecular weight is 321 g/mol. The summed E-state index contributed by atoms with van der Waals surface area (Å²) in [6.45, 7) is 2.36. The van der Waals surface area contributed by atoms with E-state index in [9.17, 15) is 0 Å². The summed E-state index contributed by atoms with van der Waals surface area (Å²) >= 11 is 0. The van der Waals surface area contributed by atoms with E-state index in [1.807, 2.05) is 6.92 Å². The van der Waals surface area contributed by atoms with Crippen LogP contribution in [0, 0.1) is 0 Å². The average Bonchev–Trinajstić information content (AvgIpc) is 2.55. The van der Waals surface area contributed by atoms with Gasteiger partial charge in [-0.25, -0.2) is 4.98 Å². The number of pyridine rings is 1. The second-order valence-corrected chi connectivity index (χ2v) is 5.68. The Bertz CT molecular complexity index is 755. The molecule has 6 nitrogen and oxygen atoms in total.